The van der Waals surface area contributed by atoms with Gasteiger partial charge >= 0.3 is 5.97 Å². The van der Waals surface area contributed by atoms with E-state index in [1.54, 1.807) is 12.1 Å². The van der Waals surface area contributed by atoms with Crippen LogP contribution in [-0.4, -0.2) is 11.1 Å². The van der Waals surface area contributed by atoms with Crippen LogP contribution in [0, 0.1) is 0 Å². The Labute approximate surface area is 138 Å². The summed E-state index contributed by atoms with van der Waals surface area (Å²) >= 11 is 0. The lowest BCUT2D eigenvalue weighted by atomic mass is 9.63. The van der Waals surface area contributed by atoms with Gasteiger partial charge < -0.3 is 5.11 Å². The van der Waals surface area contributed by atoms with Gasteiger partial charge in [0.2, 0.25) is 0 Å². The lowest BCUT2D eigenvalue weighted by molar-refractivity contribution is 0.0697. The van der Waals surface area contributed by atoms with Crippen molar-refractivity contribution in [3.8, 4) is 11.1 Å². The first kappa shape index (κ1) is 15.8. The molecule has 0 radical (unpaired) electrons. The van der Waals surface area contributed by atoms with E-state index in [-0.39, 0.29) is 10.8 Å². The molecular formula is C21H24O2. The van der Waals surface area contributed by atoms with Crippen LogP contribution in [-0.2, 0) is 10.8 Å². The first-order chi connectivity index (χ1) is 10.7. The van der Waals surface area contributed by atoms with E-state index in [1.165, 1.54) is 24.0 Å². The number of fused-ring (bicyclic) bond motifs is 1. The minimum absolute atomic E-state index is 0.182. The summed E-state index contributed by atoms with van der Waals surface area (Å²) in [5.41, 5.74) is 5.82. The zero-order chi connectivity index (χ0) is 16.8. The first-order valence-electron chi connectivity index (χ1n) is 8.19. The van der Waals surface area contributed by atoms with Crippen LogP contribution in [0.25, 0.3) is 11.1 Å². The van der Waals surface area contributed by atoms with E-state index in [4.69, 9.17) is 5.11 Å². The van der Waals surface area contributed by atoms with Gasteiger partial charge in [0.1, 0.15) is 0 Å². The standard InChI is InChI=1S/C21H24O2/c1-20(2)11-12-21(3,4)18-13-16(9-10-17(18)20)14-5-7-15(8-6-14)19(22)23/h5-10,13H,11-12H2,1-4H3,(H,22,23). The molecule has 0 aromatic heterocycles. The summed E-state index contributed by atoms with van der Waals surface area (Å²) in [5.74, 6) is -0.884. The molecule has 0 bridgehead atoms. The molecule has 0 atom stereocenters. The lowest BCUT2D eigenvalue weighted by Gasteiger charge is -2.42. The third-order valence-corrected chi connectivity index (χ3v) is 5.32. The number of benzene rings is 2. The normalized spacial score (nSPS) is 18.3. The molecule has 1 aliphatic rings. The monoisotopic (exact) mass is 308 g/mol. The Hall–Kier alpha value is -2.09. The van der Waals surface area contributed by atoms with Gasteiger partial charge in [0.25, 0.3) is 0 Å². The minimum atomic E-state index is -0.884. The molecule has 0 unspecified atom stereocenters. The van der Waals surface area contributed by atoms with Gasteiger partial charge in [-0.1, -0.05) is 58.0 Å². The molecule has 0 saturated carbocycles. The second-order valence-electron chi connectivity index (χ2n) is 7.91. The van der Waals surface area contributed by atoms with Crippen LogP contribution in [0.15, 0.2) is 42.5 Å². The fraction of sp³-hybridized carbons (Fsp3) is 0.381. The molecule has 0 saturated heterocycles. The molecule has 2 aromatic rings. The van der Waals surface area contributed by atoms with E-state index >= 15 is 0 Å². The Morgan fingerprint density at radius 3 is 1.91 bits per heavy atom. The Morgan fingerprint density at radius 1 is 0.826 bits per heavy atom. The second kappa shape index (κ2) is 5.23. The highest BCUT2D eigenvalue weighted by molar-refractivity contribution is 5.88. The van der Waals surface area contributed by atoms with Gasteiger partial charge in [0.15, 0.2) is 0 Å². The zero-order valence-electron chi connectivity index (χ0n) is 14.3. The summed E-state index contributed by atoms with van der Waals surface area (Å²) in [5, 5.41) is 9.03. The summed E-state index contributed by atoms with van der Waals surface area (Å²) in [6.45, 7) is 9.28. The maximum Gasteiger partial charge on any atom is 0.335 e. The van der Waals surface area contributed by atoms with Crippen LogP contribution in [0.3, 0.4) is 0 Å². The predicted octanol–water partition coefficient (Wildman–Crippen LogP) is 5.40. The number of rotatable bonds is 2. The van der Waals surface area contributed by atoms with Crippen molar-refractivity contribution in [3.05, 3.63) is 59.2 Å². The summed E-state index contributed by atoms with van der Waals surface area (Å²) in [6.07, 6.45) is 2.40. The van der Waals surface area contributed by atoms with E-state index in [2.05, 4.69) is 45.9 Å². The van der Waals surface area contributed by atoms with Crippen molar-refractivity contribution in [2.75, 3.05) is 0 Å². The number of carboxylic acids is 1. The molecule has 0 fully saturated rings. The van der Waals surface area contributed by atoms with Gasteiger partial charge in [-0.05, 0) is 58.1 Å². The van der Waals surface area contributed by atoms with E-state index in [1.807, 2.05) is 12.1 Å². The lowest BCUT2D eigenvalue weighted by Crippen LogP contribution is -2.33. The number of hydrogen-bond donors (Lipinski definition) is 1. The van der Waals surface area contributed by atoms with Crippen LogP contribution < -0.4 is 0 Å². The van der Waals surface area contributed by atoms with Crippen molar-refractivity contribution in [2.45, 2.75) is 51.4 Å². The quantitative estimate of drug-likeness (QED) is 0.806. The van der Waals surface area contributed by atoms with Gasteiger partial charge in [-0.3, -0.25) is 0 Å². The Balaban J connectivity index is 2.08. The average Bonchev–Trinajstić information content (AvgIpc) is 2.52. The molecule has 3 rings (SSSR count). The zero-order valence-corrected chi connectivity index (χ0v) is 14.3. The maximum atomic E-state index is 11.0. The van der Waals surface area contributed by atoms with Crippen LogP contribution in [0.5, 0.6) is 0 Å². The first-order valence-corrected chi connectivity index (χ1v) is 8.19. The van der Waals surface area contributed by atoms with Crippen LogP contribution >= 0.6 is 0 Å². The van der Waals surface area contributed by atoms with Crippen LogP contribution in [0.4, 0.5) is 0 Å². The molecular weight excluding hydrogens is 284 g/mol. The SMILES string of the molecule is CC1(C)CCC(C)(C)c2cc(-c3ccc(C(=O)O)cc3)ccc21. The summed E-state index contributed by atoms with van der Waals surface area (Å²) in [7, 11) is 0. The summed E-state index contributed by atoms with van der Waals surface area (Å²) in [4.78, 5) is 11.0. The van der Waals surface area contributed by atoms with Gasteiger partial charge in [0.05, 0.1) is 5.56 Å². The number of aromatic carboxylic acids is 1. The van der Waals surface area contributed by atoms with Crippen molar-refractivity contribution in [2.24, 2.45) is 0 Å². The molecule has 2 nitrogen and oxygen atoms in total. The molecule has 23 heavy (non-hydrogen) atoms. The molecule has 120 valence electrons. The highest BCUT2D eigenvalue weighted by Gasteiger charge is 2.36. The maximum absolute atomic E-state index is 11.0. The Kier molecular flexibility index (Phi) is 3.59. The number of hydrogen-bond acceptors (Lipinski definition) is 1. The average molecular weight is 308 g/mol. The van der Waals surface area contributed by atoms with E-state index in [9.17, 15) is 4.79 Å². The number of carboxylic acid groups (broad SMARTS) is 1. The molecule has 0 amide bonds. The van der Waals surface area contributed by atoms with Crippen molar-refractivity contribution in [1.29, 1.82) is 0 Å². The molecule has 0 heterocycles. The van der Waals surface area contributed by atoms with Gasteiger partial charge in [-0.15, -0.1) is 0 Å². The summed E-state index contributed by atoms with van der Waals surface area (Å²) < 4.78 is 0. The van der Waals surface area contributed by atoms with E-state index < -0.39 is 5.97 Å². The van der Waals surface area contributed by atoms with Crippen molar-refractivity contribution in [3.63, 3.8) is 0 Å². The largest absolute Gasteiger partial charge is 0.478 e. The smallest absolute Gasteiger partial charge is 0.335 e. The fourth-order valence-corrected chi connectivity index (χ4v) is 3.57. The Bertz CT molecular complexity index is 752. The van der Waals surface area contributed by atoms with Crippen molar-refractivity contribution >= 4 is 5.97 Å². The second-order valence-corrected chi connectivity index (χ2v) is 7.91. The third-order valence-electron chi connectivity index (χ3n) is 5.32. The third kappa shape index (κ3) is 2.78. The highest BCUT2D eigenvalue weighted by Crippen LogP contribution is 2.46. The molecule has 1 N–H and O–H groups in total. The molecule has 2 aromatic carbocycles. The number of carbonyl (C=O) groups is 1. The van der Waals surface area contributed by atoms with Gasteiger partial charge in [-0.2, -0.15) is 0 Å². The predicted molar refractivity (Wildman–Crippen MR) is 94.1 cm³/mol. The van der Waals surface area contributed by atoms with Crippen LogP contribution in [0.1, 0.15) is 62.0 Å². The minimum Gasteiger partial charge on any atom is -0.478 e. The molecule has 0 aliphatic heterocycles. The van der Waals surface area contributed by atoms with E-state index in [0.717, 1.165) is 11.1 Å². The van der Waals surface area contributed by atoms with Gasteiger partial charge in [0, 0.05) is 0 Å². The van der Waals surface area contributed by atoms with Crippen molar-refractivity contribution < 1.29 is 9.90 Å². The molecule has 0 spiro atoms. The van der Waals surface area contributed by atoms with E-state index in [0.29, 0.717) is 5.56 Å². The van der Waals surface area contributed by atoms with Crippen molar-refractivity contribution in [1.82, 2.24) is 0 Å². The fourth-order valence-electron chi connectivity index (χ4n) is 3.57. The van der Waals surface area contributed by atoms with Crippen LogP contribution in [0.2, 0.25) is 0 Å². The highest BCUT2D eigenvalue weighted by atomic mass is 16.4. The molecule has 2 heteroatoms. The molecule has 1 aliphatic carbocycles. The topological polar surface area (TPSA) is 37.3 Å². The van der Waals surface area contributed by atoms with Gasteiger partial charge in [-0.25, -0.2) is 4.79 Å². The summed E-state index contributed by atoms with van der Waals surface area (Å²) in [6, 6.07) is 13.9. The Morgan fingerprint density at radius 2 is 1.35 bits per heavy atom.